The van der Waals surface area contributed by atoms with Gasteiger partial charge in [-0.25, -0.2) is 0 Å². The minimum atomic E-state index is -4.03. The van der Waals surface area contributed by atoms with Crippen molar-refractivity contribution >= 4 is 10.1 Å². The quantitative estimate of drug-likeness (QED) is 0.589. The molecule has 1 heterocycles. The van der Waals surface area contributed by atoms with E-state index in [4.69, 9.17) is 13.7 Å². The monoisotopic (exact) mass is 348 g/mol. The second-order valence-corrected chi connectivity index (χ2v) is 6.92. The molecule has 1 aliphatic rings. The zero-order chi connectivity index (χ0) is 17.2. The zero-order valence-electron chi connectivity index (χ0n) is 12.7. The largest absolute Gasteiger partial charge is 0.387 e. The van der Waals surface area contributed by atoms with Gasteiger partial charge >= 0.3 is 0 Å². The van der Waals surface area contributed by atoms with Gasteiger partial charge in [-0.15, -0.1) is 0 Å². The van der Waals surface area contributed by atoms with Crippen LogP contribution in [0.5, 0.6) is 0 Å². The number of aliphatic hydroxyl groups excluding tert-OH is 3. The van der Waals surface area contributed by atoms with Crippen LogP contribution in [0.3, 0.4) is 0 Å². The highest BCUT2D eigenvalue weighted by Gasteiger charge is 2.44. The molecule has 1 aliphatic heterocycles. The van der Waals surface area contributed by atoms with E-state index in [-0.39, 0.29) is 4.90 Å². The molecule has 2 rings (SSSR count). The number of aliphatic hydroxyl groups is 3. The average molecular weight is 348 g/mol. The number of hydrogen-bond acceptors (Lipinski definition) is 8. The smallest absolute Gasteiger partial charge is 0.297 e. The highest BCUT2D eigenvalue weighted by Crippen LogP contribution is 2.23. The van der Waals surface area contributed by atoms with Crippen molar-refractivity contribution < 1.29 is 37.4 Å². The molecule has 0 spiro atoms. The lowest BCUT2D eigenvalue weighted by atomic mass is 9.99. The van der Waals surface area contributed by atoms with Gasteiger partial charge in [0, 0.05) is 7.11 Å². The first-order valence-corrected chi connectivity index (χ1v) is 8.35. The molecule has 0 bridgehead atoms. The zero-order valence-corrected chi connectivity index (χ0v) is 13.5. The van der Waals surface area contributed by atoms with E-state index in [9.17, 15) is 23.7 Å². The third-order valence-electron chi connectivity index (χ3n) is 3.60. The molecule has 0 aliphatic carbocycles. The maximum absolute atomic E-state index is 12.1. The topological polar surface area (TPSA) is 123 Å². The fourth-order valence-electron chi connectivity index (χ4n) is 2.18. The Morgan fingerprint density at radius 2 is 1.70 bits per heavy atom. The van der Waals surface area contributed by atoms with Crippen LogP contribution in [0, 0.1) is 6.92 Å². The molecule has 0 saturated carbocycles. The summed E-state index contributed by atoms with van der Waals surface area (Å²) >= 11 is 0. The molecule has 130 valence electrons. The Balaban J connectivity index is 2.05. The van der Waals surface area contributed by atoms with Crippen molar-refractivity contribution in [2.45, 2.75) is 42.5 Å². The average Bonchev–Trinajstić information content (AvgIpc) is 2.52. The summed E-state index contributed by atoms with van der Waals surface area (Å²) in [6, 6.07) is 6.06. The van der Waals surface area contributed by atoms with Crippen LogP contribution in [-0.4, -0.2) is 68.2 Å². The summed E-state index contributed by atoms with van der Waals surface area (Å²) in [5, 5.41) is 29.2. The van der Waals surface area contributed by atoms with Crippen LogP contribution in [0.15, 0.2) is 29.2 Å². The van der Waals surface area contributed by atoms with E-state index in [0.717, 1.165) is 5.56 Å². The van der Waals surface area contributed by atoms with Crippen molar-refractivity contribution in [3.05, 3.63) is 29.8 Å². The summed E-state index contributed by atoms with van der Waals surface area (Å²) in [4.78, 5) is -0.0303. The highest BCUT2D eigenvalue weighted by molar-refractivity contribution is 7.86. The first kappa shape index (κ1) is 18.3. The molecule has 0 amide bonds. The molecule has 3 N–H and O–H groups in total. The van der Waals surface area contributed by atoms with Crippen LogP contribution in [-0.2, 0) is 23.8 Å². The fourth-order valence-corrected chi connectivity index (χ4v) is 3.10. The first-order chi connectivity index (χ1) is 10.8. The fraction of sp³-hybridized carbons (Fsp3) is 0.571. The van der Waals surface area contributed by atoms with Crippen LogP contribution in [0.1, 0.15) is 5.56 Å². The lowest BCUT2D eigenvalue weighted by molar-refractivity contribution is -0.293. The molecule has 1 aromatic rings. The molecule has 23 heavy (non-hydrogen) atoms. The number of benzene rings is 1. The van der Waals surface area contributed by atoms with E-state index in [1.165, 1.54) is 19.2 Å². The number of ether oxygens (including phenoxy) is 2. The molecule has 0 unspecified atom stereocenters. The Labute approximate surface area is 134 Å². The second-order valence-electron chi connectivity index (χ2n) is 5.30. The summed E-state index contributed by atoms with van der Waals surface area (Å²) < 4.78 is 39.1. The van der Waals surface area contributed by atoms with Gasteiger partial charge < -0.3 is 24.8 Å². The number of methoxy groups -OCH3 is 1. The van der Waals surface area contributed by atoms with Gasteiger partial charge in [-0.3, -0.25) is 4.18 Å². The van der Waals surface area contributed by atoms with Gasteiger partial charge in [0.1, 0.15) is 24.4 Å². The van der Waals surface area contributed by atoms with Crippen molar-refractivity contribution in [2.24, 2.45) is 0 Å². The van der Waals surface area contributed by atoms with Gasteiger partial charge in [0.2, 0.25) is 0 Å². The summed E-state index contributed by atoms with van der Waals surface area (Å²) in [6.45, 7) is 1.29. The van der Waals surface area contributed by atoms with Gasteiger partial charge in [0.25, 0.3) is 10.1 Å². The summed E-state index contributed by atoms with van der Waals surface area (Å²) in [6.07, 6.45) is -6.85. The summed E-state index contributed by atoms with van der Waals surface area (Å²) in [5.74, 6) is 0. The van der Waals surface area contributed by atoms with Gasteiger partial charge in [0.15, 0.2) is 6.29 Å². The lowest BCUT2D eigenvalue weighted by Gasteiger charge is -2.39. The number of aryl methyl sites for hydroxylation is 1. The van der Waals surface area contributed by atoms with Crippen molar-refractivity contribution in [2.75, 3.05) is 13.7 Å². The Bertz CT molecular complexity index is 612. The Kier molecular flexibility index (Phi) is 5.74. The van der Waals surface area contributed by atoms with Crippen molar-refractivity contribution in [3.63, 3.8) is 0 Å². The minimum Gasteiger partial charge on any atom is -0.387 e. The normalized spacial score (nSPS) is 32.0. The first-order valence-electron chi connectivity index (χ1n) is 6.95. The van der Waals surface area contributed by atoms with E-state index in [0.29, 0.717) is 0 Å². The lowest BCUT2D eigenvalue weighted by Crippen LogP contribution is -2.59. The van der Waals surface area contributed by atoms with Crippen LogP contribution in [0.4, 0.5) is 0 Å². The predicted octanol–water partition coefficient (Wildman–Crippen LogP) is -0.846. The van der Waals surface area contributed by atoms with Gasteiger partial charge in [-0.05, 0) is 19.1 Å². The third-order valence-corrected chi connectivity index (χ3v) is 4.89. The Morgan fingerprint density at radius 1 is 1.09 bits per heavy atom. The van der Waals surface area contributed by atoms with E-state index in [1.54, 1.807) is 12.1 Å². The SMILES string of the molecule is CO[C@H]1O[C@@H](COS(=O)(=O)c2ccc(C)cc2)[C@H](O)[C@@H](O)[C@@H]1O. The maximum atomic E-state index is 12.1. The molecule has 1 fully saturated rings. The standard InChI is InChI=1S/C14H20O8S/c1-8-3-5-9(6-4-8)23(18,19)21-7-10-11(15)12(16)13(17)14(20-2)22-10/h3-6,10-17H,7H2,1-2H3/t10-,11-,12+,13-,14-/m0/s1. The Morgan fingerprint density at radius 3 is 2.26 bits per heavy atom. The van der Waals surface area contributed by atoms with Crippen LogP contribution in [0.2, 0.25) is 0 Å². The molecule has 1 saturated heterocycles. The molecular formula is C14H20O8S. The summed E-state index contributed by atoms with van der Waals surface area (Å²) in [7, 11) is -2.78. The van der Waals surface area contributed by atoms with Crippen molar-refractivity contribution in [1.82, 2.24) is 0 Å². The van der Waals surface area contributed by atoms with E-state index >= 15 is 0 Å². The van der Waals surface area contributed by atoms with E-state index in [2.05, 4.69) is 0 Å². The highest BCUT2D eigenvalue weighted by atomic mass is 32.2. The van der Waals surface area contributed by atoms with Gasteiger partial charge in [-0.2, -0.15) is 8.42 Å². The predicted molar refractivity (Wildman–Crippen MR) is 78.0 cm³/mol. The molecule has 0 aromatic heterocycles. The van der Waals surface area contributed by atoms with E-state index in [1.807, 2.05) is 6.92 Å². The number of rotatable bonds is 5. The second kappa shape index (κ2) is 7.22. The molecule has 9 heteroatoms. The Hall–Kier alpha value is -1.07. The molecule has 1 aromatic carbocycles. The van der Waals surface area contributed by atoms with Gasteiger partial charge in [-0.1, -0.05) is 17.7 Å². The molecule has 0 radical (unpaired) electrons. The van der Waals surface area contributed by atoms with Crippen molar-refractivity contribution in [1.29, 1.82) is 0 Å². The molecule has 5 atom stereocenters. The van der Waals surface area contributed by atoms with Crippen molar-refractivity contribution in [3.8, 4) is 0 Å². The van der Waals surface area contributed by atoms with Crippen LogP contribution in [0.25, 0.3) is 0 Å². The third kappa shape index (κ3) is 4.07. The molecular weight excluding hydrogens is 328 g/mol. The van der Waals surface area contributed by atoms with E-state index < -0.39 is 47.4 Å². The maximum Gasteiger partial charge on any atom is 0.297 e. The summed E-state index contributed by atoms with van der Waals surface area (Å²) in [5.41, 5.74) is 0.898. The van der Waals surface area contributed by atoms with Gasteiger partial charge in [0.05, 0.1) is 11.5 Å². The van der Waals surface area contributed by atoms with Crippen LogP contribution >= 0.6 is 0 Å². The minimum absolute atomic E-state index is 0.0303. The molecule has 8 nitrogen and oxygen atoms in total. The van der Waals surface area contributed by atoms with Crippen LogP contribution < -0.4 is 0 Å². The number of hydrogen-bond donors (Lipinski definition) is 3.